The monoisotopic (exact) mass is 1070 g/mol. The molecular weight excluding hydrogens is 1020 g/mol. The van der Waals surface area contributed by atoms with Crippen molar-refractivity contribution in [1.82, 2.24) is 15.0 Å². The Morgan fingerprint density at radius 2 is 0.908 bits per heavy atom. The summed E-state index contributed by atoms with van der Waals surface area (Å²) in [5.41, 5.74) is 24.3. The molecule has 0 bridgehead atoms. The van der Waals surface area contributed by atoms with Gasteiger partial charge in [-0.1, -0.05) is 11.8 Å². The number of hydrogen-bond acceptors (Lipinski definition) is 18. The number of pyridine rings is 3. The molecule has 12 heterocycles. The summed E-state index contributed by atoms with van der Waals surface area (Å²) in [6.07, 6.45) is 14.8. The Kier molecular flexibility index (Phi) is 14.5. The molecule has 4 unspecified atom stereocenters. The Morgan fingerprint density at radius 3 is 1.29 bits per heavy atom. The fraction of sp³-hybridized carbons (Fsp3) is 0.386. The van der Waals surface area contributed by atoms with Crippen molar-refractivity contribution in [3.8, 4) is 57.1 Å². The lowest BCUT2D eigenvalue weighted by Gasteiger charge is -2.47. The molecule has 0 saturated carbocycles. The summed E-state index contributed by atoms with van der Waals surface area (Å²) >= 11 is 5.02. The van der Waals surface area contributed by atoms with E-state index in [0.717, 1.165) is 93.0 Å². The second-order valence-corrected chi connectivity index (χ2v) is 23.2. The smallest absolute Gasteiger partial charge is 0.283 e. The standard InChI is InChI=1S/C21H23N3O2S.C19H19N3O2S.C17H16N4O2S/c1-3-5-15-8-16(11-23-10-15)17-9-18(27-12-17)20(2)13-21(26-19(22)24-20)6-4-7-25-14-21;1-3-4-13-5-14(8-21-7-13)15-6-16(25-9-15)18(2)10-19(11-23-12-19)24-17(20)22-18;1-16(8-17(9-22-10-17)23-15(18)21-16)14-4-12(7-24-14)11-3-13(19-2)6-20-5-11/h8-12H,4,6-7,13-14H2,1-2H3,(H2,22,24);5-9H,10-12H2,1-2H3,(H2,20,22);3-7H,8-10H2,1H3,(H2,18,21). The normalized spacial score (nSPS) is 25.3. The number of amidine groups is 3. The largest absolute Gasteiger partial charge is 0.456 e. The molecule has 6 N–H and O–H groups in total. The quantitative estimate of drug-likeness (QED) is 0.105. The molecule has 390 valence electrons. The predicted octanol–water partition coefficient (Wildman–Crippen LogP) is 9.66. The van der Waals surface area contributed by atoms with Gasteiger partial charge in [0.1, 0.15) is 22.2 Å². The van der Waals surface area contributed by atoms with E-state index >= 15 is 0 Å². The Bertz CT molecular complexity index is 3410. The molecule has 0 aromatic carbocycles. The van der Waals surface area contributed by atoms with Gasteiger partial charge < -0.3 is 45.6 Å². The number of rotatable bonds is 6. The van der Waals surface area contributed by atoms with E-state index in [1.54, 1.807) is 58.8 Å². The van der Waals surface area contributed by atoms with Crippen LogP contribution in [0.15, 0.2) is 105 Å². The van der Waals surface area contributed by atoms with Crippen LogP contribution in [0.5, 0.6) is 0 Å². The molecule has 12 rings (SSSR count). The molecular formula is C57H58N10O6S3. The molecule has 4 atom stereocenters. The van der Waals surface area contributed by atoms with Crippen molar-refractivity contribution in [2.75, 3.05) is 39.6 Å². The fourth-order valence-electron chi connectivity index (χ4n) is 10.6. The Morgan fingerprint density at radius 1 is 0.513 bits per heavy atom. The molecule has 0 aliphatic carbocycles. The van der Waals surface area contributed by atoms with Crippen LogP contribution in [0, 0.1) is 30.3 Å². The maximum absolute atomic E-state index is 7.12. The van der Waals surface area contributed by atoms with Gasteiger partial charge in [0, 0.05) is 99.9 Å². The molecule has 3 fully saturated rings. The molecule has 76 heavy (non-hydrogen) atoms. The van der Waals surface area contributed by atoms with E-state index in [4.69, 9.17) is 52.2 Å². The number of hydrogen-bond donors (Lipinski definition) is 3. The lowest BCUT2D eigenvalue weighted by molar-refractivity contribution is -0.186. The minimum Gasteiger partial charge on any atom is -0.456 e. The van der Waals surface area contributed by atoms with E-state index in [1.807, 2.05) is 32.3 Å². The summed E-state index contributed by atoms with van der Waals surface area (Å²) in [7, 11) is 0. The van der Waals surface area contributed by atoms with Crippen LogP contribution >= 0.6 is 34.0 Å². The first-order valence-electron chi connectivity index (χ1n) is 24.8. The van der Waals surface area contributed by atoms with Crippen LogP contribution in [-0.2, 0) is 45.0 Å². The average molecular weight is 1080 g/mol. The number of thiophene rings is 3. The SMILES string of the molecule is CC#Cc1cncc(-c2csc(C3(C)CC4(CCCOC4)OC(N)=N3)c2)c1.CC#Cc1cncc(-c2csc(C3(C)CC4(COC4)OC(N)=N3)c2)c1.[C-]#[N+]c1cncc(-c2csc(C3(C)CC4(COC4)OC(N)=N3)c2)c1. The van der Waals surface area contributed by atoms with E-state index in [2.05, 4.69) is 126 Å². The molecule has 19 heteroatoms. The van der Waals surface area contributed by atoms with Gasteiger partial charge in [-0.05, 0) is 122 Å². The lowest BCUT2D eigenvalue weighted by Crippen LogP contribution is -2.59. The minimum absolute atomic E-state index is 0.221. The molecule has 3 saturated heterocycles. The third-order valence-electron chi connectivity index (χ3n) is 14.0. The summed E-state index contributed by atoms with van der Waals surface area (Å²) in [5, 5.41) is 6.34. The van der Waals surface area contributed by atoms with Crippen LogP contribution in [0.25, 0.3) is 38.2 Å². The molecule has 6 aliphatic heterocycles. The highest BCUT2D eigenvalue weighted by Crippen LogP contribution is 2.48. The van der Waals surface area contributed by atoms with Crippen molar-refractivity contribution >= 4 is 57.8 Å². The van der Waals surface area contributed by atoms with Crippen molar-refractivity contribution < 1.29 is 28.4 Å². The third-order valence-corrected chi connectivity index (χ3v) is 17.6. The molecule has 6 aliphatic rings. The van der Waals surface area contributed by atoms with Crippen molar-refractivity contribution in [2.24, 2.45) is 32.2 Å². The highest BCUT2D eigenvalue weighted by atomic mass is 32.1. The second kappa shape index (κ2) is 21.1. The number of aliphatic imine (C=N–C) groups is 3. The van der Waals surface area contributed by atoms with Crippen molar-refractivity contribution in [1.29, 1.82) is 0 Å². The molecule has 6 aromatic rings. The number of nitrogens with two attached hydrogens (primary N) is 3. The van der Waals surface area contributed by atoms with Gasteiger partial charge in [0.15, 0.2) is 11.2 Å². The van der Waals surface area contributed by atoms with Gasteiger partial charge in [-0.2, -0.15) is 0 Å². The van der Waals surface area contributed by atoms with Gasteiger partial charge in [0.05, 0.1) is 39.6 Å². The van der Waals surface area contributed by atoms with Crippen LogP contribution in [0.1, 0.15) is 92.5 Å². The minimum atomic E-state index is -0.431. The van der Waals surface area contributed by atoms with E-state index in [9.17, 15) is 0 Å². The van der Waals surface area contributed by atoms with E-state index in [0.29, 0.717) is 38.7 Å². The molecule has 16 nitrogen and oxygen atoms in total. The third kappa shape index (κ3) is 11.1. The Balaban J connectivity index is 0.000000130. The highest BCUT2D eigenvalue weighted by molar-refractivity contribution is 7.11. The fourth-order valence-corrected chi connectivity index (χ4v) is 13.7. The van der Waals surface area contributed by atoms with Gasteiger partial charge in [-0.25, -0.2) is 19.8 Å². The zero-order valence-corrected chi connectivity index (χ0v) is 45.4. The van der Waals surface area contributed by atoms with Crippen LogP contribution in [-0.4, -0.2) is 89.5 Å². The van der Waals surface area contributed by atoms with Gasteiger partial charge in [-0.15, -0.1) is 45.9 Å². The second-order valence-electron chi connectivity index (χ2n) is 20.5. The van der Waals surface area contributed by atoms with Gasteiger partial charge in [0.25, 0.3) is 18.1 Å². The van der Waals surface area contributed by atoms with E-state index < -0.39 is 16.6 Å². The molecule has 0 amide bonds. The van der Waals surface area contributed by atoms with Gasteiger partial charge in [-0.3, -0.25) is 15.0 Å². The van der Waals surface area contributed by atoms with Crippen molar-refractivity contribution in [3.05, 3.63) is 127 Å². The number of nitrogens with zero attached hydrogens (tertiary/aromatic N) is 7. The maximum Gasteiger partial charge on any atom is 0.283 e. The van der Waals surface area contributed by atoms with Crippen LogP contribution in [0.2, 0.25) is 0 Å². The van der Waals surface area contributed by atoms with Crippen molar-refractivity contribution in [3.63, 3.8) is 0 Å². The number of ether oxygens (including phenoxy) is 6. The molecule has 6 aromatic heterocycles. The van der Waals surface area contributed by atoms with Crippen LogP contribution in [0.4, 0.5) is 5.69 Å². The van der Waals surface area contributed by atoms with Gasteiger partial charge in [0.2, 0.25) is 5.69 Å². The van der Waals surface area contributed by atoms with Crippen LogP contribution in [0.3, 0.4) is 0 Å². The summed E-state index contributed by atoms with van der Waals surface area (Å²) in [5.74, 6) is 11.9. The molecule has 0 radical (unpaired) electrons. The summed E-state index contributed by atoms with van der Waals surface area (Å²) < 4.78 is 33.8. The zero-order chi connectivity index (χ0) is 53.2. The Labute approximate surface area is 454 Å². The summed E-state index contributed by atoms with van der Waals surface area (Å²) in [6.45, 7) is 20.7. The first-order chi connectivity index (χ1) is 36.6. The Hall–Kier alpha value is -7.15. The number of aromatic nitrogens is 3. The topological polar surface area (TPSA) is 214 Å². The lowest BCUT2D eigenvalue weighted by atomic mass is 9.80. The highest BCUT2D eigenvalue weighted by Gasteiger charge is 2.53. The van der Waals surface area contributed by atoms with Gasteiger partial charge >= 0.3 is 0 Å². The zero-order valence-electron chi connectivity index (χ0n) is 43.0. The summed E-state index contributed by atoms with van der Waals surface area (Å²) in [4.78, 5) is 33.5. The summed E-state index contributed by atoms with van der Waals surface area (Å²) in [6, 6.07) is 13.1. The first kappa shape index (κ1) is 52.3. The van der Waals surface area contributed by atoms with Crippen molar-refractivity contribution in [2.45, 2.75) is 100 Å². The maximum atomic E-state index is 7.12. The van der Waals surface area contributed by atoms with Crippen LogP contribution < -0.4 is 17.2 Å². The first-order valence-corrected chi connectivity index (χ1v) is 27.4. The van der Waals surface area contributed by atoms with E-state index in [-0.39, 0.29) is 34.9 Å². The average Bonchev–Trinajstić information content (AvgIpc) is 4.22. The predicted molar refractivity (Wildman–Crippen MR) is 298 cm³/mol. The molecule has 3 spiro atoms. The van der Waals surface area contributed by atoms with E-state index in [1.165, 1.54) is 4.88 Å².